The van der Waals surface area contributed by atoms with Gasteiger partial charge in [-0.2, -0.15) is 0 Å². The maximum atomic E-state index is 12.8. The molecular formula is C25H28N4O6. The average Bonchev–Trinajstić information content (AvgIpc) is 2.87. The number of hydrogen-bond donors (Lipinski definition) is 2. The van der Waals surface area contributed by atoms with E-state index in [-0.39, 0.29) is 17.0 Å². The van der Waals surface area contributed by atoms with Crippen LogP contribution in [0.4, 0.5) is 5.69 Å². The van der Waals surface area contributed by atoms with Crippen LogP contribution >= 0.6 is 0 Å². The Labute approximate surface area is 202 Å². The summed E-state index contributed by atoms with van der Waals surface area (Å²) in [5.41, 5.74) is 0.184. The van der Waals surface area contributed by atoms with Gasteiger partial charge in [0.1, 0.15) is 0 Å². The highest BCUT2D eigenvalue weighted by atomic mass is 16.6. The molecule has 1 aromatic heterocycles. The molecule has 0 spiro atoms. The van der Waals surface area contributed by atoms with Crippen LogP contribution in [0.1, 0.15) is 58.4 Å². The minimum atomic E-state index is -1.32. The second-order valence-electron chi connectivity index (χ2n) is 8.47. The number of nitrogens with zero attached hydrogens (tertiary/aromatic N) is 3. The maximum absolute atomic E-state index is 12.8. The first-order valence-electron chi connectivity index (χ1n) is 11.5. The highest BCUT2D eigenvalue weighted by Gasteiger charge is 2.25. The SMILES string of the molecule is O=C(C=Cc1cccnc1)NCCCCC1CCN(C(=O)c2cc(C(=O)O)cc([N+](=O)[O-])c2)CC1. The molecule has 0 saturated carbocycles. The summed E-state index contributed by atoms with van der Waals surface area (Å²) in [5, 5.41) is 23.2. The molecule has 3 rings (SSSR count). The van der Waals surface area contributed by atoms with Crippen molar-refractivity contribution < 1.29 is 24.4 Å². The predicted octanol–water partition coefficient (Wildman–Crippen LogP) is 3.54. The summed E-state index contributed by atoms with van der Waals surface area (Å²) in [6.07, 6.45) is 11.0. The number of nitro groups is 1. The number of carbonyl (C=O) groups is 3. The second kappa shape index (κ2) is 12.4. The summed E-state index contributed by atoms with van der Waals surface area (Å²) in [6.45, 7) is 1.63. The van der Waals surface area contributed by atoms with Crippen LogP contribution < -0.4 is 5.32 Å². The van der Waals surface area contributed by atoms with E-state index in [9.17, 15) is 29.6 Å². The molecule has 2 aromatic rings. The minimum absolute atomic E-state index is 0.0170. The number of likely N-dealkylation sites (tertiary alicyclic amines) is 1. The molecule has 0 unspecified atom stereocenters. The zero-order valence-electron chi connectivity index (χ0n) is 19.3. The van der Waals surface area contributed by atoms with E-state index in [1.807, 2.05) is 6.07 Å². The quantitative estimate of drug-likeness (QED) is 0.229. The number of non-ortho nitro benzene ring substituents is 1. The van der Waals surface area contributed by atoms with Crippen molar-refractivity contribution in [2.45, 2.75) is 32.1 Å². The second-order valence-corrected chi connectivity index (χ2v) is 8.47. The van der Waals surface area contributed by atoms with Crippen LogP contribution in [0, 0.1) is 16.0 Å². The van der Waals surface area contributed by atoms with Crippen molar-refractivity contribution in [3.8, 4) is 0 Å². The lowest BCUT2D eigenvalue weighted by atomic mass is 9.91. The van der Waals surface area contributed by atoms with E-state index in [1.54, 1.807) is 29.4 Å². The number of rotatable bonds is 10. The normalized spacial score (nSPS) is 14.1. The Balaban J connectivity index is 1.38. The Kier molecular flexibility index (Phi) is 9.05. The van der Waals surface area contributed by atoms with Gasteiger partial charge in [0.2, 0.25) is 5.91 Å². The average molecular weight is 481 g/mol. The zero-order chi connectivity index (χ0) is 25.2. The molecule has 2 amide bonds. The Morgan fingerprint density at radius 1 is 1.17 bits per heavy atom. The molecule has 0 atom stereocenters. The number of unbranched alkanes of at least 4 members (excludes halogenated alkanes) is 1. The van der Waals surface area contributed by atoms with Crippen molar-refractivity contribution in [1.82, 2.24) is 15.2 Å². The molecule has 1 aromatic carbocycles. The fourth-order valence-corrected chi connectivity index (χ4v) is 4.05. The number of nitrogens with one attached hydrogen (secondary N) is 1. The monoisotopic (exact) mass is 480 g/mol. The molecule has 2 heterocycles. The van der Waals surface area contributed by atoms with Crippen molar-refractivity contribution in [1.29, 1.82) is 0 Å². The highest BCUT2D eigenvalue weighted by Crippen LogP contribution is 2.25. The number of carbonyl (C=O) groups excluding carboxylic acids is 2. The number of amides is 2. The van der Waals surface area contributed by atoms with E-state index in [2.05, 4.69) is 10.3 Å². The molecule has 0 aliphatic carbocycles. The Morgan fingerprint density at radius 2 is 1.91 bits per heavy atom. The molecule has 10 heteroatoms. The van der Waals surface area contributed by atoms with Crippen LogP contribution in [0.25, 0.3) is 6.08 Å². The van der Waals surface area contributed by atoms with Crippen molar-refractivity contribution in [2.75, 3.05) is 19.6 Å². The van der Waals surface area contributed by atoms with E-state index in [0.717, 1.165) is 49.8 Å². The van der Waals surface area contributed by atoms with Crippen LogP contribution in [-0.2, 0) is 4.79 Å². The van der Waals surface area contributed by atoms with Gasteiger partial charge in [0.15, 0.2) is 0 Å². The molecule has 0 bridgehead atoms. The van der Waals surface area contributed by atoms with Gasteiger partial charge >= 0.3 is 5.97 Å². The van der Waals surface area contributed by atoms with Gasteiger partial charge in [-0.05, 0) is 49.0 Å². The van der Waals surface area contributed by atoms with Crippen molar-refractivity contribution in [3.05, 3.63) is 75.6 Å². The third-order valence-corrected chi connectivity index (χ3v) is 5.97. The van der Waals surface area contributed by atoms with Gasteiger partial charge in [-0.1, -0.05) is 18.9 Å². The number of aromatic nitrogens is 1. The number of hydrogen-bond acceptors (Lipinski definition) is 6. The van der Waals surface area contributed by atoms with Crippen LogP contribution in [0.3, 0.4) is 0 Å². The first kappa shape index (κ1) is 25.5. The van der Waals surface area contributed by atoms with Gasteiger partial charge in [0.25, 0.3) is 11.6 Å². The standard InChI is InChI=1S/C25H28N4O6/c30-23(7-6-19-5-3-10-26-17-19)27-11-2-1-4-18-8-12-28(13-9-18)24(31)20-14-21(25(32)33)16-22(15-20)29(34)35/h3,5-7,10,14-18H,1-2,4,8-9,11-13H2,(H,27,30)(H,32,33). The van der Waals surface area contributed by atoms with Gasteiger partial charge in [-0.15, -0.1) is 0 Å². The molecule has 35 heavy (non-hydrogen) atoms. The lowest BCUT2D eigenvalue weighted by Crippen LogP contribution is -2.38. The van der Waals surface area contributed by atoms with E-state index in [4.69, 9.17) is 0 Å². The van der Waals surface area contributed by atoms with Crippen molar-refractivity contribution in [2.24, 2.45) is 5.92 Å². The van der Waals surface area contributed by atoms with Gasteiger partial charge in [0, 0.05) is 55.8 Å². The fourth-order valence-electron chi connectivity index (χ4n) is 4.05. The Morgan fingerprint density at radius 3 is 2.57 bits per heavy atom. The van der Waals surface area contributed by atoms with Crippen LogP contribution in [0.15, 0.2) is 48.8 Å². The molecule has 0 radical (unpaired) electrons. The largest absolute Gasteiger partial charge is 0.478 e. The molecule has 1 saturated heterocycles. The van der Waals surface area contributed by atoms with E-state index >= 15 is 0 Å². The van der Waals surface area contributed by atoms with E-state index in [1.165, 1.54) is 12.1 Å². The number of benzene rings is 1. The summed E-state index contributed by atoms with van der Waals surface area (Å²) >= 11 is 0. The number of carboxylic acids is 1. The van der Waals surface area contributed by atoms with Gasteiger partial charge < -0.3 is 15.3 Å². The first-order valence-corrected chi connectivity index (χ1v) is 11.5. The third kappa shape index (κ3) is 7.73. The third-order valence-electron chi connectivity index (χ3n) is 5.97. The van der Waals surface area contributed by atoms with Crippen molar-refractivity contribution >= 4 is 29.5 Å². The molecule has 1 aliphatic heterocycles. The molecular weight excluding hydrogens is 452 g/mol. The van der Waals surface area contributed by atoms with Crippen molar-refractivity contribution in [3.63, 3.8) is 0 Å². The first-order chi connectivity index (χ1) is 16.8. The van der Waals surface area contributed by atoms with E-state index < -0.39 is 22.5 Å². The van der Waals surface area contributed by atoms with Gasteiger partial charge in [-0.3, -0.25) is 24.7 Å². The summed E-state index contributed by atoms with van der Waals surface area (Å²) in [4.78, 5) is 52.0. The number of pyridine rings is 1. The highest BCUT2D eigenvalue weighted by molar-refractivity contribution is 5.98. The van der Waals surface area contributed by atoms with Crippen LogP contribution in [0.5, 0.6) is 0 Å². The Hall–Kier alpha value is -4.08. The maximum Gasteiger partial charge on any atom is 0.335 e. The van der Waals surface area contributed by atoms with Crippen LogP contribution in [-0.4, -0.2) is 57.3 Å². The predicted molar refractivity (Wildman–Crippen MR) is 129 cm³/mol. The molecule has 184 valence electrons. The number of piperidine rings is 1. The lowest BCUT2D eigenvalue weighted by Gasteiger charge is -2.32. The molecule has 1 fully saturated rings. The number of nitro benzene ring substituents is 1. The lowest BCUT2D eigenvalue weighted by molar-refractivity contribution is -0.384. The smallest absolute Gasteiger partial charge is 0.335 e. The molecule has 1 aliphatic rings. The summed E-state index contributed by atoms with van der Waals surface area (Å²) in [7, 11) is 0. The Bertz CT molecular complexity index is 1060. The van der Waals surface area contributed by atoms with Gasteiger partial charge in [-0.25, -0.2) is 4.79 Å². The fraction of sp³-hybridized carbons (Fsp3) is 0.360. The number of aromatic carboxylic acids is 1. The molecule has 10 nitrogen and oxygen atoms in total. The van der Waals surface area contributed by atoms with Crippen LogP contribution in [0.2, 0.25) is 0 Å². The summed E-state index contributed by atoms with van der Waals surface area (Å²) in [5.74, 6) is -1.40. The van der Waals surface area contributed by atoms with E-state index in [0.29, 0.717) is 25.6 Å². The molecule has 2 N–H and O–H groups in total. The topological polar surface area (TPSA) is 143 Å². The number of carboxylic acid groups (broad SMARTS) is 1. The zero-order valence-corrected chi connectivity index (χ0v) is 19.3. The summed E-state index contributed by atoms with van der Waals surface area (Å²) < 4.78 is 0. The summed E-state index contributed by atoms with van der Waals surface area (Å²) in [6, 6.07) is 6.93. The minimum Gasteiger partial charge on any atom is -0.478 e. The van der Waals surface area contributed by atoms with Gasteiger partial charge in [0.05, 0.1) is 10.5 Å².